The van der Waals surface area contributed by atoms with Gasteiger partial charge in [-0.15, -0.1) is 11.3 Å². The quantitative estimate of drug-likeness (QED) is 0.810. The second-order valence-corrected chi connectivity index (χ2v) is 6.67. The van der Waals surface area contributed by atoms with Crippen LogP contribution >= 0.6 is 11.3 Å². The second kappa shape index (κ2) is 6.22. The van der Waals surface area contributed by atoms with Crippen molar-refractivity contribution >= 4 is 33.2 Å². The van der Waals surface area contributed by atoms with Gasteiger partial charge >= 0.3 is 5.97 Å². The van der Waals surface area contributed by atoms with Crippen LogP contribution in [0.2, 0.25) is 0 Å². The van der Waals surface area contributed by atoms with Crippen LogP contribution in [-0.2, 0) is 4.79 Å². The van der Waals surface area contributed by atoms with Crippen LogP contribution in [-0.4, -0.2) is 22.6 Å². The van der Waals surface area contributed by atoms with Crippen molar-refractivity contribution in [2.45, 2.75) is 33.1 Å². The zero-order valence-corrected chi connectivity index (χ0v) is 12.7. The van der Waals surface area contributed by atoms with Crippen LogP contribution in [0.25, 0.3) is 10.1 Å². The van der Waals surface area contributed by atoms with Crippen molar-refractivity contribution in [3.63, 3.8) is 0 Å². The minimum absolute atomic E-state index is 0.0218. The zero-order valence-electron chi connectivity index (χ0n) is 11.8. The van der Waals surface area contributed by atoms with Gasteiger partial charge in [-0.25, -0.2) is 4.98 Å². The lowest BCUT2D eigenvalue weighted by Gasteiger charge is -2.24. The van der Waals surface area contributed by atoms with E-state index in [2.05, 4.69) is 35.6 Å². The van der Waals surface area contributed by atoms with Gasteiger partial charge in [0.05, 0.1) is 0 Å². The Labute approximate surface area is 122 Å². The predicted molar refractivity (Wildman–Crippen MR) is 83.4 cm³/mol. The number of nitrogens with zero attached hydrogens (tertiary/aromatic N) is 1. The third-order valence-corrected chi connectivity index (χ3v) is 4.37. The number of fused-ring (bicyclic) bond motifs is 1. The van der Waals surface area contributed by atoms with E-state index in [0.29, 0.717) is 6.42 Å². The predicted octanol–water partition coefficient (Wildman–Crippen LogP) is 3.99. The highest BCUT2D eigenvalue weighted by molar-refractivity contribution is 7.17. The number of rotatable bonds is 7. The smallest absolute Gasteiger partial charge is 0.303 e. The topological polar surface area (TPSA) is 62.2 Å². The monoisotopic (exact) mass is 292 g/mol. The SMILES string of the molecule is CC(C)(CCNc1nccc2sccc12)CCC(=O)O. The van der Waals surface area contributed by atoms with Gasteiger partial charge < -0.3 is 10.4 Å². The molecule has 0 aromatic carbocycles. The van der Waals surface area contributed by atoms with Gasteiger partial charge in [0.1, 0.15) is 5.82 Å². The number of carboxylic acids is 1. The van der Waals surface area contributed by atoms with Crippen LogP contribution in [0.4, 0.5) is 5.82 Å². The first kappa shape index (κ1) is 14.8. The number of pyridine rings is 1. The summed E-state index contributed by atoms with van der Waals surface area (Å²) < 4.78 is 1.23. The van der Waals surface area contributed by atoms with Crippen molar-refractivity contribution in [1.82, 2.24) is 4.98 Å². The Morgan fingerprint density at radius 3 is 2.95 bits per heavy atom. The molecule has 0 atom stereocenters. The standard InChI is InChI=1S/C15H20N2O2S/c1-15(2,6-3-13(18)19)7-9-17-14-11-5-10-20-12(11)4-8-16-14/h4-5,8,10H,3,6-7,9H2,1-2H3,(H,16,17)(H,18,19). The molecular weight excluding hydrogens is 272 g/mol. The first-order valence-electron chi connectivity index (χ1n) is 6.76. The number of hydrogen-bond donors (Lipinski definition) is 2. The summed E-state index contributed by atoms with van der Waals surface area (Å²) in [5, 5.41) is 15.3. The fourth-order valence-corrected chi connectivity index (χ4v) is 2.91. The van der Waals surface area contributed by atoms with Crippen LogP contribution in [0, 0.1) is 5.41 Å². The molecule has 5 heteroatoms. The number of thiophene rings is 1. The molecule has 20 heavy (non-hydrogen) atoms. The first-order valence-corrected chi connectivity index (χ1v) is 7.64. The fraction of sp³-hybridized carbons (Fsp3) is 0.467. The number of anilines is 1. The maximum Gasteiger partial charge on any atom is 0.303 e. The van der Waals surface area contributed by atoms with Gasteiger partial charge in [-0.05, 0) is 35.8 Å². The third-order valence-electron chi connectivity index (χ3n) is 3.49. The summed E-state index contributed by atoms with van der Waals surface area (Å²) in [5.74, 6) is 0.188. The molecule has 0 bridgehead atoms. The second-order valence-electron chi connectivity index (χ2n) is 5.73. The molecule has 108 valence electrons. The molecule has 0 saturated heterocycles. The lowest BCUT2D eigenvalue weighted by molar-refractivity contribution is -0.137. The molecule has 0 aliphatic carbocycles. The largest absolute Gasteiger partial charge is 0.481 e. The number of hydrogen-bond acceptors (Lipinski definition) is 4. The lowest BCUT2D eigenvalue weighted by atomic mass is 9.84. The van der Waals surface area contributed by atoms with Crippen LogP contribution in [0.1, 0.15) is 33.1 Å². The van der Waals surface area contributed by atoms with Gasteiger partial charge in [-0.1, -0.05) is 13.8 Å². The van der Waals surface area contributed by atoms with Gasteiger partial charge in [0, 0.05) is 29.2 Å². The number of aromatic nitrogens is 1. The minimum Gasteiger partial charge on any atom is -0.481 e. The Bertz CT molecular complexity index is 592. The summed E-state index contributed by atoms with van der Waals surface area (Å²) >= 11 is 1.71. The average Bonchev–Trinajstić information content (AvgIpc) is 2.85. The van der Waals surface area contributed by atoms with Crippen LogP contribution in [0.3, 0.4) is 0 Å². The highest BCUT2D eigenvalue weighted by Crippen LogP contribution is 2.28. The summed E-state index contributed by atoms with van der Waals surface area (Å²) in [4.78, 5) is 15.0. The summed E-state index contributed by atoms with van der Waals surface area (Å²) in [6.45, 7) is 5.01. The van der Waals surface area contributed by atoms with Gasteiger partial charge in [-0.2, -0.15) is 0 Å². The van der Waals surface area contributed by atoms with E-state index in [0.717, 1.165) is 24.2 Å². The van der Waals surface area contributed by atoms with E-state index in [9.17, 15) is 4.79 Å². The van der Waals surface area contributed by atoms with E-state index in [1.165, 1.54) is 4.70 Å². The summed E-state index contributed by atoms with van der Waals surface area (Å²) in [5.41, 5.74) is 0.0218. The summed E-state index contributed by atoms with van der Waals surface area (Å²) in [6, 6.07) is 4.09. The van der Waals surface area contributed by atoms with Crippen molar-refractivity contribution in [3.8, 4) is 0 Å². The first-order chi connectivity index (χ1) is 9.48. The molecule has 0 unspecified atom stereocenters. The van der Waals surface area contributed by atoms with Gasteiger partial charge in [-0.3, -0.25) is 4.79 Å². The van der Waals surface area contributed by atoms with Crippen molar-refractivity contribution < 1.29 is 9.90 Å². The number of carbonyl (C=O) groups is 1. The van der Waals surface area contributed by atoms with E-state index in [-0.39, 0.29) is 11.8 Å². The molecule has 0 radical (unpaired) electrons. The molecule has 2 aromatic rings. The number of carboxylic acid groups (broad SMARTS) is 1. The molecule has 0 spiro atoms. The molecule has 0 fully saturated rings. The maximum absolute atomic E-state index is 10.6. The number of aliphatic carboxylic acids is 1. The van der Waals surface area contributed by atoms with E-state index in [1.807, 2.05) is 12.3 Å². The van der Waals surface area contributed by atoms with E-state index in [1.54, 1.807) is 11.3 Å². The van der Waals surface area contributed by atoms with Crippen LogP contribution < -0.4 is 5.32 Å². The third kappa shape index (κ3) is 3.93. The van der Waals surface area contributed by atoms with Crippen molar-refractivity contribution in [1.29, 1.82) is 0 Å². The molecule has 0 aliphatic heterocycles. The number of nitrogens with one attached hydrogen (secondary N) is 1. The molecule has 2 N–H and O–H groups in total. The van der Waals surface area contributed by atoms with Crippen LogP contribution in [0.15, 0.2) is 23.7 Å². The zero-order chi connectivity index (χ0) is 14.6. The Morgan fingerprint density at radius 2 is 2.20 bits per heavy atom. The van der Waals surface area contributed by atoms with E-state index >= 15 is 0 Å². The Kier molecular flexibility index (Phi) is 4.60. The molecule has 2 heterocycles. The van der Waals surface area contributed by atoms with E-state index in [4.69, 9.17) is 5.11 Å². The molecule has 0 saturated carbocycles. The summed E-state index contributed by atoms with van der Waals surface area (Å²) in [7, 11) is 0. The molecular formula is C15H20N2O2S. The fourth-order valence-electron chi connectivity index (χ4n) is 2.13. The molecule has 0 amide bonds. The minimum atomic E-state index is -0.726. The Morgan fingerprint density at radius 1 is 1.40 bits per heavy atom. The maximum atomic E-state index is 10.6. The van der Waals surface area contributed by atoms with Gasteiger partial charge in [0.2, 0.25) is 0 Å². The van der Waals surface area contributed by atoms with Crippen molar-refractivity contribution in [3.05, 3.63) is 23.7 Å². The Hall–Kier alpha value is -1.62. The molecule has 2 aromatic heterocycles. The normalized spacial score (nSPS) is 11.7. The molecule has 0 aliphatic rings. The van der Waals surface area contributed by atoms with Crippen LogP contribution in [0.5, 0.6) is 0 Å². The molecule has 2 rings (SSSR count). The van der Waals surface area contributed by atoms with Gasteiger partial charge in [0.25, 0.3) is 0 Å². The summed E-state index contributed by atoms with van der Waals surface area (Å²) in [6.07, 6.45) is 3.66. The highest BCUT2D eigenvalue weighted by atomic mass is 32.1. The lowest BCUT2D eigenvalue weighted by Crippen LogP contribution is -2.18. The Balaban J connectivity index is 1.89. The van der Waals surface area contributed by atoms with E-state index < -0.39 is 5.97 Å². The van der Waals surface area contributed by atoms with Crippen molar-refractivity contribution in [2.75, 3.05) is 11.9 Å². The average molecular weight is 292 g/mol. The molecule has 4 nitrogen and oxygen atoms in total. The van der Waals surface area contributed by atoms with Crippen molar-refractivity contribution in [2.24, 2.45) is 5.41 Å². The highest BCUT2D eigenvalue weighted by Gasteiger charge is 2.18. The van der Waals surface area contributed by atoms with Gasteiger partial charge in [0.15, 0.2) is 0 Å².